The predicted molar refractivity (Wildman–Crippen MR) is 72.6 cm³/mol. The molecule has 0 bridgehead atoms. The average molecular weight is 275 g/mol. The lowest BCUT2D eigenvalue weighted by molar-refractivity contribution is 0.296. The summed E-state index contributed by atoms with van der Waals surface area (Å²) in [5.74, 6) is 0. The molecular formula is C12H25N3O2S. The van der Waals surface area contributed by atoms with E-state index in [1.54, 1.807) is 8.61 Å². The van der Waals surface area contributed by atoms with Gasteiger partial charge in [-0.2, -0.15) is 17.0 Å². The molecule has 1 heterocycles. The highest BCUT2D eigenvalue weighted by Crippen LogP contribution is 2.26. The second-order valence-electron chi connectivity index (χ2n) is 5.15. The summed E-state index contributed by atoms with van der Waals surface area (Å²) in [6.45, 7) is 5.48. The molecule has 1 N–H and O–H groups in total. The number of nitrogens with zero attached hydrogens (tertiary/aromatic N) is 2. The first-order chi connectivity index (χ1) is 8.66. The molecule has 1 saturated carbocycles. The van der Waals surface area contributed by atoms with Crippen LogP contribution in [0.25, 0.3) is 0 Å². The minimum Gasteiger partial charge on any atom is -0.315 e. The summed E-state index contributed by atoms with van der Waals surface area (Å²) in [6.07, 6.45) is 5.29. The molecule has 18 heavy (non-hydrogen) atoms. The third kappa shape index (κ3) is 3.04. The highest BCUT2D eigenvalue weighted by molar-refractivity contribution is 7.86. The van der Waals surface area contributed by atoms with Crippen LogP contribution in [0.4, 0.5) is 0 Å². The van der Waals surface area contributed by atoms with Crippen LogP contribution in [0, 0.1) is 0 Å². The monoisotopic (exact) mass is 275 g/mol. The van der Waals surface area contributed by atoms with Gasteiger partial charge in [0.15, 0.2) is 0 Å². The van der Waals surface area contributed by atoms with Crippen molar-refractivity contribution in [3.05, 3.63) is 0 Å². The molecule has 2 fully saturated rings. The van der Waals surface area contributed by atoms with Crippen molar-refractivity contribution in [1.29, 1.82) is 0 Å². The highest BCUT2D eigenvalue weighted by Gasteiger charge is 2.35. The molecule has 1 aliphatic carbocycles. The molecule has 0 radical (unpaired) electrons. The molecule has 0 unspecified atom stereocenters. The summed E-state index contributed by atoms with van der Waals surface area (Å²) in [5, 5.41) is 3.25. The Hall–Kier alpha value is -0.170. The Kier molecular flexibility index (Phi) is 5.00. The van der Waals surface area contributed by atoms with E-state index in [1.165, 1.54) is 0 Å². The Morgan fingerprint density at radius 2 is 1.89 bits per heavy atom. The Labute approximate surface area is 111 Å². The Morgan fingerprint density at radius 3 is 2.56 bits per heavy atom. The van der Waals surface area contributed by atoms with Crippen molar-refractivity contribution in [1.82, 2.24) is 13.9 Å². The van der Waals surface area contributed by atoms with E-state index in [2.05, 4.69) is 5.32 Å². The van der Waals surface area contributed by atoms with E-state index in [9.17, 15) is 8.42 Å². The van der Waals surface area contributed by atoms with E-state index in [0.717, 1.165) is 45.2 Å². The zero-order chi connectivity index (χ0) is 13.0. The van der Waals surface area contributed by atoms with E-state index in [0.29, 0.717) is 19.6 Å². The predicted octanol–water partition coefficient (Wildman–Crippen LogP) is 0.791. The van der Waals surface area contributed by atoms with Crippen LogP contribution in [-0.2, 0) is 10.2 Å². The maximum Gasteiger partial charge on any atom is 0.282 e. The topological polar surface area (TPSA) is 52.7 Å². The van der Waals surface area contributed by atoms with Crippen molar-refractivity contribution >= 4 is 10.2 Å². The van der Waals surface area contributed by atoms with Crippen molar-refractivity contribution in [2.24, 2.45) is 0 Å². The van der Waals surface area contributed by atoms with Crippen LogP contribution >= 0.6 is 0 Å². The second kappa shape index (κ2) is 6.32. The molecule has 5 nitrogen and oxygen atoms in total. The van der Waals surface area contributed by atoms with E-state index in [-0.39, 0.29) is 6.04 Å². The zero-order valence-electron chi connectivity index (χ0n) is 11.3. The van der Waals surface area contributed by atoms with Crippen LogP contribution < -0.4 is 5.32 Å². The van der Waals surface area contributed by atoms with Crippen LogP contribution in [0.15, 0.2) is 0 Å². The van der Waals surface area contributed by atoms with E-state index >= 15 is 0 Å². The smallest absolute Gasteiger partial charge is 0.282 e. The maximum absolute atomic E-state index is 12.7. The van der Waals surface area contributed by atoms with Gasteiger partial charge < -0.3 is 5.32 Å². The molecule has 1 aliphatic heterocycles. The standard InChI is InChI=1S/C12H25N3O2S/c1-2-15(12-6-3-4-7-12)18(16,17)14-10-5-8-13-9-11-14/h12-13H,2-11H2,1H3. The van der Waals surface area contributed by atoms with E-state index < -0.39 is 10.2 Å². The number of hydrogen-bond acceptors (Lipinski definition) is 3. The molecule has 2 aliphatic rings. The van der Waals surface area contributed by atoms with Crippen molar-refractivity contribution in [3.8, 4) is 0 Å². The fourth-order valence-electron chi connectivity index (χ4n) is 3.00. The third-order valence-electron chi connectivity index (χ3n) is 3.97. The number of rotatable bonds is 4. The lowest BCUT2D eigenvalue weighted by Crippen LogP contribution is -2.48. The lowest BCUT2D eigenvalue weighted by atomic mass is 10.2. The van der Waals surface area contributed by atoms with Gasteiger partial charge in [0.2, 0.25) is 0 Å². The zero-order valence-corrected chi connectivity index (χ0v) is 12.1. The Bertz CT molecular complexity index is 344. The van der Waals surface area contributed by atoms with Gasteiger partial charge in [-0.15, -0.1) is 0 Å². The fraction of sp³-hybridized carbons (Fsp3) is 1.00. The van der Waals surface area contributed by atoms with Gasteiger partial charge in [0, 0.05) is 32.2 Å². The molecule has 0 amide bonds. The van der Waals surface area contributed by atoms with Gasteiger partial charge in [0.1, 0.15) is 0 Å². The SMILES string of the molecule is CCN(C1CCCC1)S(=O)(=O)N1CCCNCC1. The minimum atomic E-state index is -3.25. The molecule has 0 aromatic rings. The van der Waals surface area contributed by atoms with Crippen molar-refractivity contribution in [3.63, 3.8) is 0 Å². The first kappa shape index (κ1) is 14.2. The van der Waals surface area contributed by atoms with Gasteiger partial charge in [0.25, 0.3) is 10.2 Å². The van der Waals surface area contributed by atoms with Gasteiger partial charge in [0.05, 0.1) is 0 Å². The normalized spacial score (nSPS) is 24.6. The summed E-state index contributed by atoms with van der Waals surface area (Å²) in [7, 11) is -3.25. The van der Waals surface area contributed by atoms with Gasteiger partial charge in [-0.25, -0.2) is 0 Å². The van der Waals surface area contributed by atoms with E-state index in [1.807, 2.05) is 6.92 Å². The quantitative estimate of drug-likeness (QED) is 0.825. The molecule has 2 rings (SSSR count). The fourth-order valence-corrected chi connectivity index (χ4v) is 4.89. The Morgan fingerprint density at radius 1 is 1.17 bits per heavy atom. The van der Waals surface area contributed by atoms with Crippen LogP contribution in [-0.4, -0.2) is 55.8 Å². The van der Waals surface area contributed by atoms with Gasteiger partial charge in [-0.3, -0.25) is 0 Å². The van der Waals surface area contributed by atoms with Gasteiger partial charge >= 0.3 is 0 Å². The number of nitrogens with one attached hydrogen (secondary N) is 1. The maximum atomic E-state index is 12.7. The number of hydrogen-bond donors (Lipinski definition) is 1. The van der Waals surface area contributed by atoms with Crippen molar-refractivity contribution in [2.75, 3.05) is 32.7 Å². The summed E-state index contributed by atoms with van der Waals surface area (Å²) in [4.78, 5) is 0. The van der Waals surface area contributed by atoms with Gasteiger partial charge in [-0.05, 0) is 25.8 Å². The average Bonchev–Trinajstić information content (AvgIpc) is 2.70. The second-order valence-corrected chi connectivity index (χ2v) is 7.03. The lowest BCUT2D eigenvalue weighted by Gasteiger charge is -2.32. The largest absolute Gasteiger partial charge is 0.315 e. The molecule has 0 atom stereocenters. The summed E-state index contributed by atoms with van der Waals surface area (Å²) in [6, 6.07) is 0.233. The van der Waals surface area contributed by atoms with Crippen LogP contribution in [0.2, 0.25) is 0 Å². The summed E-state index contributed by atoms with van der Waals surface area (Å²) >= 11 is 0. The summed E-state index contributed by atoms with van der Waals surface area (Å²) in [5.41, 5.74) is 0. The van der Waals surface area contributed by atoms with E-state index in [4.69, 9.17) is 0 Å². The van der Waals surface area contributed by atoms with Crippen molar-refractivity contribution in [2.45, 2.75) is 45.1 Å². The molecular weight excluding hydrogens is 250 g/mol. The minimum absolute atomic E-state index is 0.233. The molecule has 0 aromatic carbocycles. The molecule has 106 valence electrons. The van der Waals surface area contributed by atoms with Crippen LogP contribution in [0.1, 0.15) is 39.0 Å². The third-order valence-corrected chi connectivity index (χ3v) is 6.13. The highest BCUT2D eigenvalue weighted by atomic mass is 32.2. The molecule has 6 heteroatoms. The first-order valence-corrected chi connectivity index (χ1v) is 8.53. The first-order valence-electron chi connectivity index (χ1n) is 7.14. The molecule has 0 aromatic heterocycles. The molecule has 1 saturated heterocycles. The summed E-state index contributed by atoms with van der Waals surface area (Å²) < 4.78 is 28.8. The molecule has 0 spiro atoms. The van der Waals surface area contributed by atoms with Crippen molar-refractivity contribution < 1.29 is 8.42 Å². The Balaban J connectivity index is 2.10. The van der Waals surface area contributed by atoms with Crippen LogP contribution in [0.5, 0.6) is 0 Å². The van der Waals surface area contributed by atoms with Crippen LogP contribution in [0.3, 0.4) is 0 Å². The van der Waals surface area contributed by atoms with Gasteiger partial charge in [-0.1, -0.05) is 19.8 Å².